The van der Waals surface area contributed by atoms with Crippen molar-refractivity contribution in [3.8, 4) is 45.8 Å². The van der Waals surface area contributed by atoms with Crippen LogP contribution >= 0.6 is 0 Å². The van der Waals surface area contributed by atoms with Crippen molar-refractivity contribution in [3.63, 3.8) is 0 Å². The van der Waals surface area contributed by atoms with Crippen molar-refractivity contribution >= 4 is 11.0 Å². The van der Waals surface area contributed by atoms with Gasteiger partial charge < -0.3 is 53.6 Å². The molecule has 0 spiro atoms. The number of phenols is 2. The molecule has 1 fully saturated rings. The normalized spacial score (nSPS) is 23.9. The molecule has 0 saturated carbocycles. The molecule has 1 aliphatic heterocycles. The molecule has 194 valence electrons. The molecule has 0 aliphatic carbocycles. The van der Waals surface area contributed by atoms with E-state index in [4.69, 9.17) is 28.1 Å². The van der Waals surface area contributed by atoms with Gasteiger partial charge in [-0.05, 0) is 25.1 Å². The maximum absolute atomic E-state index is 13.3. The Morgan fingerprint density at radius 2 is 1.56 bits per heavy atom. The van der Waals surface area contributed by atoms with Crippen molar-refractivity contribution < 1.29 is 53.6 Å². The maximum atomic E-state index is 13.3. The first-order chi connectivity index (χ1) is 17.1. The summed E-state index contributed by atoms with van der Waals surface area (Å²) in [6.07, 6.45) is -6.87. The lowest BCUT2D eigenvalue weighted by molar-refractivity contribution is -0.268. The van der Waals surface area contributed by atoms with E-state index in [0.29, 0.717) is 5.56 Å². The van der Waals surface area contributed by atoms with E-state index in [1.165, 1.54) is 52.5 Å². The van der Waals surface area contributed by atoms with Crippen LogP contribution in [0, 0.1) is 0 Å². The first kappa shape index (κ1) is 25.4. The molecule has 5 N–H and O–H groups in total. The Morgan fingerprint density at radius 1 is 0.861 bits per heavy atom. The molecule has 1 aliphatic rings. The van der Waals surface area contributed by atoms with Crippen LogP contribution in [0.1, 0.15) is 6.92 Å². The Bertz CT molecular complexity index is 1330. The summed E-state index contributed by atoms with van der Waals surface area (Å²) in [5.74, 6) is -1.31. The molecule has 0 amide bonds. The zero-order valence-corrected chi connectivity index (χ0v) is 19.8. The van der Waals surface area contributed by atoms with Gasteiger partial charge >= 0.3 is 0 Å². The lowest BCUT2D eigenvalue weighted by atomic mass is 10.00. The van der Waals surface area contributed by atoms with Gasteiger partial charge in [0.25, 0.3) is 0 Å². The summed E-state index contributed by atoms with van der Waals surface area (Å²) in [4.78, 5) is 13.3. The smallest absolute Gasteiger partial charge is 0.239 e. The summed E-state index contributed by atoms with van der Waals surface area (Å²) >= 11 is 0. The molecule has 2 heterocycles. The number of methoxy groups -OCH3 is 3. The highest BCUT2D eigenvalue weighted by Crippen LogP contribution is 2.45. The minimum Gasteiger partial charge on any atom is -0.504 e. The highest BCUT2D eigenvalue weighted by molar-refractivity contribution is 5.91. The van der Waals surface area contributed by atoms with E-state index in [2.05, 4.69) is 0 Å². The van der Waals surface area contributed by atoms with Crippen LogP contribution in [0.3, 0.4) is 0 Å². The summed E-state index contributed by atoms with van der Waals surface area (Å²) < 4.78 is 32.7. The first-order valence-corrected chi connectivity index (χ1v) is 10.8. The predicted octanol–water partition coefficient (Wildman–Crippen LogP) is 1.10. The number of hydrogen-bond donors (Lipinski definition) is 5. The zero-order valence-electron chi connectivity index (χ0n) is 19.8. The zero-order chi connectivity index (χ0) is 26.3. The van der Waals surface area contributed by atoms with Crippen LogP contribution in [0.2, 0.25) is 0 Å². The molecule has 0 unspecified atom stereocenters. The van der Waals surface area contributed by atoms with Crippen LogP contribution in [0.15, 0.2) is 33.5 Å². The molecule has 0 bridgehead atoms. The fourth-order valence-electron chi connectivity index (χ4n) is 3.99. The second kappa shape index (κ2) is 9.74. The summed E-state index contributed by atoms with van der Waals surface area (Å²) in [7, 11) is 3.84. The number of fused-ring (bicyclic) bond motifs is 1. The van der Waals surface area contributed by atoms with Crippen molar-refractivity contribution in [1.82, 2.24) is 0 Å². The Morgan fingerprint density at radius 3 is 2.19 bits per heavy atom. The average molecular weight is 506 g/mol. The molecule has 36 heavy (non-hydrogen) atoms. The topological polar surface area (TPSA) is 178 Å². The third kappa shape index (κ3) is 4.13. The first-order valence-electron chi connectivity index (χ1n) is 10.8. The van der Waals surface area contributed by atoms with Crippen molar-refractivity contribution in [2.24, 2.45) is 0 Å². The number of aliphatic hydroxyl groups is 3. The lowest BCUT2D eigenvalue weighted by Crippen LogP contribution is -2.58. The minimum absolute atomic E-state index is 0.0232. The molecule has 12 heteroatoms. The van der Waals surface area contributed by atoms with E-state index >= 15 is 0 Å². The molecule has 3 aromatic rings. The molecule has 0 radical (unpaired) electrons. The summed E-state index contributed by atoms with van der Waals surface area (Å²) in [5, 5.41) is 50.9. The van der Waals surface area contributed by atoms with Crippen molar-refractivity contribution in [2.75, 3.05) is 21.3 Å². The molecule has 1 saturated heterocycles. The molecular weight excluding hydrogens is 480 g/mol. The number of aliphatic hydroxyl groups excluding tert-OH is 3. The molecular formula is C24H26O12. The number of benzene rings is 2. The Balaban J connectivity index is 1.89. The van der Waals surface area contributed by atoms with Gasteiger partial charge in [0.15, 0.2) is 28.8 Å². The van der Waals surface area contributed by atoms with E-state index in [-0.39, 0.29) is 45.5 Å². The Labute approximate surface area is 204 Å². The van der Waals surface area contributed by atoms with Gasteiger partial charge in [-0.3, -0.25) is 4.79 Å². The van der Waals surface area contributed by atoms with Gasteiger partial charge in [0, 0.05) is 11.6 Å². The van der Waals surface area contributed by atoms with E-state index < -0.39 is 41.9 Å². The van der Waals surface area contributed by atoms with Crippen molar-refractivity contribution in [3.05, 3.63) is 34.5 Å². The number of rotatable bonds is 6. The monoisotopic (exact) mass is 506 g/mol. The fraction of sp³-hybridized carbons (Fsp3) is 0.375. The van der Waals surface area contributed by atoms with Gasteiger partial charge in [-0.15, -0.1) is 0 Å². The lowest BCUT2D eigenvalue weighted by Gasteiger charge is -2.39. The molecule has 4 rings (SSSR count). The fourth-order valence-corrected chi connectivity index (χ4v) is 3.99. The van der Waals surface area contributed by atoms with Crippen LogP contribution in [-0.4, -0.2) is 77.6 Å². The van der Waals surface area contributed by atoms with Crippen LogP contribution < -0.4 is 24.4 Å². The SMILES string of the molecule is COc1cc(-c2oc3cc(O[C@@H]4O[C@@H](C)[C@H](O)[C@H](O)[C@H]4O)c(OC)c(O)c3c(=O)c2OC)ccc1O. The highest BCUT2D eigenvalue weighted by Gasteiger charge is 2.43. The number of phenolic OH excluding ortho intramolecular Hbond substituents is 2. The summed E-state index contributed by atoms with van der Waals surface area (Å²) in [6, 6.07) is 5.50. The van der Waals surface area contributed by atoms with Crippen LogP contribution in [0.5, 0.6) is 34.5 Å². The third-order valence-corrected chi connectivity index (χ3v) is 5.94. The predicted molar refractivity (Wildman–Crippen MR) is 124 cm³/mol. The molecule has 5 atom stereocenters. The standard InChI is InChI=1S/C24H26O12/c1-9-16(26)19(29)20(30)24(34-9)36-14-8-13-15(17(27)22(14)32-3)18(28)23(33-4)21(35-13)10-5-6-11(25)12(7-10)31-2/h5-9,16,19-20,24-27,29-30H,1-4H3/t9-,16-,19-,20+,24-/m0/s1. The average Bonchev–Trinajstić information content (AvgIpc) is 2.86. The second-order valence-electron chi connectivity index (χ2n) is 8.11. The van der Waals surface area contributed by atoms with Gasteiger partial charge in [-0.1, -0.05) is 0 Å². The van der Waals surface area contributed by atoms with Crippen LogP contribution in [0.4, 0.5) is 0 Å². The number of aromatic hydroxyl groups is 2. The Kier molecular flexibility index (Phi) is 6.87. The largest absolute Gasteiger partial charge is 0.504 e. The van der Waals surface area contributed by atoms with E-state index in [1.54, 1.807) is 0 Å². The van der Waals surface area contributed by atoms with E-state index in [9.17, 15) is 30.3 Å². The highest BCUT2D eigenvalue weighted by atomic mass is 16.7. The minimum atomic E-state index is -1.64. The maximum Gasteiger partial charge on any atom is 0.239 e. The molecule has 1 aromatic heterocycles. The number of hydrogen-bond acceptors (Lipinski definition) is 12. The molecule has 12 nitrogen and oxygen atoms in total. The number of ether oxygens (including phenoxy) is 5. The van der Waals surface area contributed by atoms with E-state index in [1.807, 2.05) is 0 Å². The second-order valence-corrected chi connectivity index (χ2v) is 8.11. The third-order valence-electron chi connectivity index (χ3n) is 5.94. The van der Waals surface area contributed by atoms with Crippen LogP contribution in [0.25, 0.3) is 22.3 Å². The summed E-state index contributed by atoms with van der Waals surface area (Å²) in [5.41, 5.74) is -0.519. The van der Waals surface area contributed by atoms with Crippen molar-refractivity contribution in [1.29, 1.82) is 0 Å². The quantitative estimate of drug-likeness (QED) is 0.322. The van der Waals surface area contributed by atoms with Gasteiger partial charge in [-0.25, -0.2) is 0 Å². The Hall–Kier alpha value is -3.71. The van der Waals surface area contributed by atoms with E-state index in [0.717, 1.165) is 0 Å². The van der Waals surface area contributed by atoms with Crippen molar-refractivity contribution in [2.45, 2.75) is 37.6 Å². The van der Waals surface area contributed by atoms with Gasteiger partial charge in [0.2, 0.25) is 23.2 Å². The van der Waals surface area contributed by atoms with Gasteiger partial charge in [-0.2, -0.15) is 0 Å². The van der Waals surface area contributed by atoms with Gasteiger partial charge in [0.1, 0.15) is 29.3 Å². The van der Waals surface area contributed by atoms with Crippen LogP contribution in [-0.2, 0) is 4.74 Å². The van der Waals surface area contributed by atoms with Gasteiger partial charge in [0.05, 0.1) is 27.4 Å². The summed E-state index contributed by atoms with van der Waals surface area (Å²) in [6.45, 7) is 1.48. The molecule has 2 aromatic carbocycles.